The van der Waals surface area contributed by atoms with Crippen molar-refractivity contribution in [2.45, 2.75) is 44.0 Å². The second-order valence-electron chi connectivity index (χ2n) is 6.26. The third-order valence-electron chi connectivity index (χ3n) is 3.81. The molecule has 0 saturated heterocycles. The first-order valence-corrected chi connectivity index (χ1v) is 9.06. The van der Waals surface area contributed by atoms with Gasteiger partial charge >= 0.3 is 0 Å². The number of nitrogens with one attached hydrogen (secondary N) is 1. The highest BCUT2D eigenvalue weighted by atomic mass is 79.9. The van der Waals surface area contributed by atoms with E-state index in [0.717, 1.165) is 19.3 Å². The number of carbonyl (C=O) groups excluding carboxylic acids is 1. The normalized spacial score (nSPS) is 21.2. The van der Waals surface area contributed by atoms with Crippen molar-refractivity contribution in [1.82, 2.24) is 5.32 Å². The van der Waals surface area contributed by atoms with E-state index in [-0.39, 0.29) is 27.8 Å². The Morgan fingerprint density at radius 1 is 1.43 bits per heavy atom. The number of carbonyl (C=O) groups is 1. The Morgan fingerprint density at radius 2 is 2.10 bits per heavy atom. The number of hydrogen-bond donors (Lipinski definition) is 2. The molecule has 21 heavy (non-hydrogen) atoms. The van der Waals surface area contributed by atoms with Crippen molar-refractivity contribution >= 4 is 31.9 Å². The van der Waals surface area contributed by atoms with Crippen LogP contribution in [0.1, 0.15) is 43.5 Å². The standard InChI is InChI=1S/C14H19BrN2O3S/c1-14(2)6-5-9(8-14)17-13(18)11-7-10(21(16,19)20)3-4-12(11)15/h3-4,7,9H,5-6,8H2,1-2H3,(H,17,18)(H2,16,19,20). The SMILES string of the molecule is CC1(C)CCC(NC(=O)c2cc(S(N)(=O)=O)ccc2Br)C1. The lowest BCUT2D eigenvalue weighted by molar-refractivity contribution is 0.0935. The molecule has 116 valence electrons. The second kappa shape index (κ2) is 5.70. The van der Waals surface area contributed by atoms with E-state index in [9.17, 15) is 13.2 Å². The molecule has 1 aliphatic carbocycles. The Kier molecular flexibility index (Phi) is 4.46. The fraction of sp³-hybridized carbons (Fsp3) is 0.500. The molecule has 1 aromatic carbocycles. The smallest absolute Gasteiger partial charge is 0.252 e. The van der Waals surface area contributed by atoms with Crippen LogP contribution in [0.3, 0.4) is 0 Å². The minimum absolute atomic E-state index is 0.0670. The summed E-state index contributed by atoms with van der Waals surface area (Å²) in [5.74, 6) is -0.282. The number of amides is 1. The molecule has 1 saturated carbocycles. The molecule has 0 aliphatic heterocycles. The molecular weight excluding hydrogens is 356 g/mol. The van der Waals surface area contributed by atoms with Gasteiger partial charge in [0.2, 0.25) is 10.0 Å². The highest BCUT2D eigenvalue weighted by molar-refractivity contribution is 9.10. The first-order chi connectivity index (χ1) is 9.58. The number of benzene rings is 1. The molecule has 2 rings (SSSR count). The molecule has 0 heterocycles. The van der Waals surface area contributed by atoms with Gasteiger partial charge in [-0.2, -0.15) is 0 Å². The predicted molar refractivity (Wildman–Crippen MR) is 84.4 cm³/mol. The van der Waals surface area contributed by atoms with Crippen LogP contribution in [0.5, 0.6) is 0 Å². The van der Waals surface area contributed by atoms with Crippen LogP contribution in [0, 0.1) is 5.41 Å². The number of nitrogens with two attached hydrogens (primary N) is 1. The van der Waals surface area contributed by atoms with E-state index >= 15 is 0 Å². The number of primary sulfonamides is 1. The molecular formula is C14H19BrN2O3S. The maximum absolute atomic E-state index is 12.3. The van der Waals surface area contributed by atoms with E-state index in [2.05, 4.69) is 35.1 Å². The van der Waals surface area contributed by atoms with Crippen LogP contribution in [-0.2, 0) is 10.0 Å². The van der Waals surface area contributed by atoms with Crippen LogP contribution < -0.4 is 10.5 Å². The Bertz CT molecular complexity index is 671. The molecule has 1 amide bonds. The summed E-state index contributed by atoms with van der Waals surface area (Å²) in [5.41, 5.74) is 0.517. The first kappa shape index (κ1) is 16.5. The molecule has 0 radical (unpaired) electrons. The maximum atomic E-state index is 12.3. The van der Waals surface area contributed by atoms with Crippen molar-refractivity contribution in [3.8, 4) is 0 Å². The second-order valence-corrected chi connectivity index (χ2v) is 8.68. The minimum Gasteiger partial charge on any atom is -0.349 e. The van der Waals surface area contributed by atoms with E-state index in [1.807, 2.05) is 0 Å². The largest absolute Gasteiger partial charge is 0.349 e. The summed E-state index contributed by atoms with van der Waals surface area (Å²) in [6.45, 7) is 4.35. The molecule has 0 aromatic heterocycles. The quantitative estimate of drug-likeness (QED) is 0.850. The number of rotatable bonds is 3. The van der Waals surface area contributed by atoms with Crippen molar-refractivity contribution in [3.05, 3.63) is 28.2 Å². The van der Waals surface area contributed by atoms with Crippen molar-refractivity contribution in [1.29, 1.82) is 0 Å². The Hall–Kier alpha value is -0.920. The maximum Gasteiger partial charge on any atom is 0.252 e. The van der Waals surface area contributed by atoms with Gasteiger partial charge in [-0.25, -0.2) is 13.6 Å². The van der Waals surface area contributed by atoms with Crippen LogP contribution >= 0.6 is 15.9 Å². The van der Waals surface area contributed by atoms with Crippen LogP contribution in [0.2, 0.25) is 0 Å². The zero-order chi connectivity index (χ0) is 15.8. The molecule has 7 heteroatoms. The Labute approximate surface area is 133 Å². The van der Waals surface area contributed by atoms with Crippen LogP contribution in [-0.4, -0.2) is 20.4 Å². The first-order valence-electron chi connectivity index (χ1n) is 6.72. The number of hydrogen-bond acceptors (Lipinski definition) is 3. The summed E-state index contributed by atoms with van der Waals surface area (Å²) in [5, 5.41) is 8.07. The van der Waals surface area contributed by atoms with E-state index in [4.69, 9.17) is 5.14 Å². The monoisotopic (exact) mass is 374 g/mol. The fourth-order valence-electron chi connectivity index (χ4n) is 2.68. The third-order valence-corrected chi connectivity index (χ3v) is 5.42. The highest BCUT2D eigenvalue weighted by Gasteiger charge is 2.32. The molecule has 1 aromatic rings. The molecule has 1 fully saturated rings. The van der Waals surface area contributed by atoms with Gasteiger partial charge in [0.15, 0.2) is 0 Å². The lowest BCUT2D eigenvalue weighted by Gasteiger charge is -2.18. The van der Waals surface area contributed by atoms with Gasteiger partial charge in [0.1, 0.15) is 0 Å². The summed E-state index contributed by atoms with van der Waals surface area (Å²) >= 11 is 3.27. The van der Waals surface area contributed by atoms with Crippen molar-refractivity contribution in [2.75, 3.05) is 0 Å². The zero-order valence-corrected chi connectivity index (χ0v) is 14.4. The number of sulfonamides is 1. The van der Waals surface area contributed by atoms with Gasteiger partial charge in [0.25, 0.3) is 5.91 Å². The summed E-state index contributed by atoms with van der Waals surface area (Å²) in [6, 6.07) is 4.31. The van der Waals surface area contributed by atoms with Crippen LogP contribution in [0.4, 0.5) is 0 Å². The average Bonchev–Trinajstić information content (AvgIpc) is 2.67. The van der Waals surface area contributed by atoms with Gasteiger partial charge in [-0.1, -0.05) is 13.8 Å². The summed E-state index contributed by atoms with van der Waals surface area (Å²) in [4.78, 5) is 12.3. The lowest BCUT2D eigenvalue weighted by atomic mass is 9.92. The van der Waals surface area contributed by atoms with E-state index in [1.54, 1.807) is 0 Å². The van der Waals surface area contributed by atoms with Gasteiger partial charge in [-0.05, 0) is 58.8 Å². The van der Waals surface area contributed by atoms with Crippen molar-refractivity contribution in [3.63, 3.8) is 0 Å². The van der Waals surface area contributed by atoms with Gasteiger partial charge in [0, 0.05) is 10.5 Å². The molecule has 1 atom stereocenters. The molecule has 0 spiro atoms. The highest BCUT2D eigenvalue weighted by Crippen LogP contribution is 2.37. The third kappa shape index (κ3) is 4.05. The van der Waals surface area contributed by atoms with E-state index in [0.29, 0.717) is 4.47 Å². The Balaban J connectivity index is 2.20. The molecule has 5 nitrogen and oxygen atoms in total. The number of halogens is 1. The minimum atomic E-state index is -3.82. The van der Waals surface area contributed by atoms with E-state index < -0.39 is 10.0 Å². The van der Waals surface area contributed by atoms with Gasteiger partial charge < -0.3 is 5.32 Å². The molecule has 3 N–H and O–H groups in total. The Morgan fingerprint density at radius 3 is 2.62 bits per heavy atom. The molecule has 1 aliphatic rings. The van der Waals surface area contributed by atoms with Crippen molar-refractivity contribution in [2.24, 2.45) is 10.6 Å². The van der Waals surface area contributed by atoms with E-state index in [1.165, 1.54) is 18.2 Å². The molecule has 0 bridgehead atoms. The van der Waals surface area contributed by atoms with Gasteiger partial charge in [0.05, 0.1) is 10.5 Å². The summed E-state index contributed by atoms with van der Waals surface area (Å²) in [6.07, 6.45) is 2.92. The predicted octanol–water partition coefficient (Wildman–Crippen LogP) is 2.41. The topological polar surface area (TPSA) is 89.3 Å². The van der Waals surface area contributed by atoms with Crippen LogP contribution in [0.25, 0.3) is 0 Å². The van der Waals surface area contributed by atoms with Gasteiger partial charge in [-0.15, -0.1) is 0 Å². The summed E-state index contributed by atoms with van der Waals surface area (Å²) in [7, 11) is -3.82. The zero-order valence-electron chi connectivity index (χ0n) is 12.0. The average molecular weight is 375 g/mol. The van der Waals surface area contributed by atoms with Crippen molar-refractivity contribution < 1.29 is 13.2 Å². The fourth-order valence-corrected chi connectivity index (χ4v) is 3.64. The van der Waals surface area contributed by atoms with Crippen LogP contribution in [0.15, 0.2) is 27.6 Å². The van der Waals surface area contributed by atoms with Gasteiger partial charge in [-0.3, -0.25) is 4.79 Å². The summed E-state index contributed by atoms with van der Waals surface area (Å²) < 4.78 is 23.3. The molecule has 1 unspecified atom stereocenters. The lowest BCUT2D eigenvalue weighted by Crippen LogP contribution is -2.33.